The van der Waals surface area contributed by atoms with Crippen LogP contribution in [0.5, 0.6) is 0 Å². The SMILES string of the molecule is Cc1cc2c3c(cc4c([Si](C)(C)C)cc5c6c(cc1c3c46)B1c3ccc(C(C)C)cc3N(c3ccccc3)c3cc(C(C)C)cc-5c31)B1c3ccc(C(C)C)cc3N(c3ccccc3)c3cc(C(C)C)cc-2c31. The van der Waals surface area contributed by atoms with Crippen molar-refractivity contribution >= 4 is 126 Å². The van der Waals surface area contributed by atoms with Gasteiger partial charge in [-0.15, -0.1) is 0 Å². The van der Waals surface area contributed by atoms with Gasteiger partial charge in [0.2, 0.25) is 13.4 Å². The van der Waals surface area contributed by atoms with E-state index in [0.29, 0.717) is 23.7 Å². The van der Waals surface area contributed by atoms with E-state index in [4.69, 9.17) is 0 Å². The fourth-order valence-corrected chi connectivity index (χ4v) is 15.6. The monoisotopic (exact) mass is 959 g/mol. The molecule has 4 aliphatic heterocycles. The van der Waals surface area contributed by atoms with E-state index >= 15 is 0 Å². The highest BCUT2D eigenvalue weighted by Gasteiger charge is 2.46. The third-order valence-electron chi connectivity index (χ3n) is 17.7. The maximum absolute atomic E-state index is 2.75. The van der Waals surface area contributed by atoms with Gasteiger partial charge in [0, 0.05) is 34.1 Å². The highest BCUT2D eigenvalue weighted by molar-refractivity contribution is 7.03. The molecule has 0 N–H and O–H groups in total. The second-order valence-corrected chi connectivity index (χ2v) is 29.5. The van der Waals surface area contributed by atoms with Crippen LogP contribution in [-0.2, 0) is 0 Å². The quantitative estimate of drug-likeness (QED) is 0.116. The molecule has 0 atom stereocenters. The summed E-state index contributed by atoms with van der Waals surface area (Å²) in [4.78, 5) is 5.22. The van der Waals surface area contributed by atoms with Crippen LogP contribution in [0.1, 0.15) is 107 Å². The van der Waals surface area contributed by atoms with Crippen molar-refractivity contribution in [2.75, 3.05) is 9.80 Å². The predicted molar refractivity (Wildman–Crippen MR) is 324 cm³/mol. The van der Waals surface area contributed by atoms with Gasteiger partial charge in [-0.3, -0.25) is 0 Å². The summed E-state index contributed by atoms with van der Waals surface area (Å²) in [7, 11) is -2.02. The van der Waals surface area contributed by atoms with Crippen molar-refractivity contribution in [1.29, 1.82) is 0 Å². The van der Waals surface area contributed by atoms with Gasteiger partial charge >= 0.3 is 0 Å². The van der Waals surface area contributed by atoms with Crippen molar-refractivity contribution in [2.24, 2.45) is 0 Å². The zero-order valence-corrected chi connectivity index (χ0v) is 45.7. The Balaban J connectivity index is 1.16. The van der Waals surface area contributed by atoms with Gasteiger partial charge in [0.1, 0.15) is 0 Å². The minimum absolute atomic E-state index is 0.0758. The fraction of sp³-hybridized carbons (Fsp3) is 0.235. The molecule has 10 aromatic rings. The van der Waals surface area contributed by atoms with Crippen LogP contribution in [0, 0.1) is 6.92 Å². The van der Waals surface area contributed by atoms with Gasteiger partial charge in [-0.2, -0.15) is 0 Å². The zero-order valence-electron chi connectivity index (χ0n) is 44.7. The topological polar surface area (TPSA) is 6.48 Å². The number of nitrogens with zero attached hydrogens (tertiary/aromatic N) is 2. The number of anilines is 6. The van der Waals surface area contributed by atoms with Gasteiger partial charge in [-0.1, -0.05) is 188 Å². The third kappa shape index (κ3) is 6.18. The molecule has 0 bridgehead atoms. The van der Waals surface area contributed by atoms with Crippen molar-refractivity contribution < 1.29 is 0 Å². The van der Waals surface area contributed by atoms with E-state index in [-0.39, 0.29) is 13.4 Å². The molecule has 0 aromatic heterocycles. The van der Waals surface area contributed by atoms with E-state index in [2.05, 4.69) is 237 Å². The van der Waals surface area contributed by atoms with Crippen LogP contribution < -0.4 is 47.8 Å². The Hall–Kier alpha value is -6.81. The van der Waals surface area contributed by atoms with E-state index in [0.717, 1.165) is 0 Å². The molecule has 4 heterocycles. The van der Waals surface area contributed by atoms with Crippen LogP contribution in [0.4, 0.5) is 34.1 Å². The second-order valence-electron chi connectivity index (χ2n) is 24.5. The third-order valence-corrected chi connectivity index (χ3v) is 19.7. The van der Waals surface area contributed by atoms with Crippen molar-refractivity contribution in [3.8, 4) is 22.3 Å². The lowest BCUT2D eigenvalue weighted by molar-refractivity contribution is 0.865. The van der Waals surface area contributed by atoms with E-state index in [9.17, 15) is 0 Å². The van der Waals surface area contributed by atoms with Gasteiger partial charge in [-0.25, -0.2) is 0 Å². The molecule has 0 unspecified atom stereocenters. The number of fused-ring (bicyclic) bond motifs is 8. The molecular formula is C68H64B2N2Si. The lowest BCUT2D eigenvalue weighted by Crippen LogP contribution is -2.60. The fourth-order valence-electron chi connectivity index (χ4n) is 14.0. The molecule has 0 aliphatic carbocycles. The maximum Gasteiger partial charge on any atom is 0.248 e. The molecule has 0 amide bonds. The minimum atomic E-state index is -2.02. The standard InChI is InChI=1S/C68H64B2N2Si/c1-37(2)42-23-25-54-58(30-42)72(47-21-17-14-18-22-47)61-33-45(40(7)8)29-52-50-36-62(73(10,11)12)53-35-57-63-49(27-41(9)48-34-56(69(54)68(52)61)64(50)66(53)65(48)63)51-28-44(39(5)6)32-60-67(51)70(57)55-26-24-43(38(3)4)31-59(55)71(60)46-19-15-13-16-20-46/h13-40H,1-12H3. The van der Waals surface area contributed by atoms with Gasteiger partial charge in [-0.05, 0) is 183 Å². The predicted octanol–water partition coefficient (Wildman–Crippen LogP) is 14.5. The summed E-state index contributed by atoms with van der Waals surface area (Å²) >= 11 is 0. The van der Waals surface area contributed by atoms with E-state index < -0.39 is 8.07 Å². The van der Waals surface area contributed by atoms with E-state index in [1.165, 1.54) is 149 Å². The Morgan fingerprint density at radius 1 is 0.370 bits per heavy atom. The minimum Gasteiger partial charge on any atom is -0.311 e. The highest BCUT2D eigenvalue weighted by Crippen LogP contribution is 2.50. The van der Waals surface area contributed by atoms with Crippen LogP contribution in [0.2, 0.25) is 19.6 Å². The zero-order chi connectivity index (χ0) is 50.3. The van der Waals surface area contributed by atoms with Gasteiger partial charge in [0.05, 0.1) is 8.07 Å². The molecule has 0 saturated carbocycles. The number of hydrogen-bond donors (Lipinski definition) is 0. The highest BCUT2D eigenvalue weighted by atomic mass is 28.3. The van der Waals surface area contributed by atoms with Crippen LogP contribution in [0.3, 0.4) is 0 Å². The van der Waals surface area contributed by atoms with Gasteiger partial charge < -0.3 is 9.80 Å². The first-order valence-corrected chi connectivity index (χ1v) is 30.8. The average molecular weight is 959 g/mol. The average Bonchev–Trinajstić information content (AvgIpc) is 3.37. The number of para-hydroxylation sites is 2. The summed E-state index contributed by atoms with van der Waals surface area (Å²) in [6, 6.07) is 58.3. The number of benzene rings is 10. The van der Waals surface area contributed by atoms with Crippen LogP contribution in [-0.4, -0.2) is 21.5 Å². The Kier molecular flexibility index (Phi) is 9.59. The van der Waals surface area contributed by atoms with Crippen LogP contribution >= 0.6 is 0 Å². The summed E-state index contributed by atoms with van der Waals surface area (Å²) in [5.74, 6) is 1.53. The van der Waals surface area contributed by atoms with Crippen LogP contribution in [0.15, 0.2) is 146 Å². The molecule has 10 aromatic carbocycles. The van der Waals surface area contributed by atoms with Crippen molar-refractivity contribution in [2.45, 2.75) is 106 Å². The van der Waals surface area contributed by atoms with Gasteiger partial charge in [0.15, 0.2) is 0 Å². The summed E-state index contributed by atoms with van der Waals surface area (Å²) in [6.07, 6.45) is 0. The maximum atomic E-state index is 2.75. The molecule has 0 radical (unpaired) electrons. The molecule has 0 fully saturated rings. The number of rotatable bonds is 7. The summed E-state index contributed by atoms with van der Waals surface area (Å²) in [5, 5.41) is 10.3. The Morgan fingerprint density at radius 3 is 1.22 bits per heavy atom. The lowest BCUT2D eigenvalue weighted by Gasteiger charge is -2.43. The van der Waals surface area contributed by atoms with E-state index in [1.807, 2.05) is 0 Å². The summed E-state index contributed by atoms with van der Waals surface area (Å²) in [5.41, 5.74) is 28.9. The van der Waals surface area contributed by atoms with Gasteiger partial charge in [0.25, 0.3) is 0 Å². The molecule has 14 rings (SSSR count). The normalized spacial score (nSPS) is 14.1. The Labute approximate surface area is 434 Å². The lowest BCUT2D eigenvalue weighted by atomic mass is 9.31. The molecular weight excluding hydrogens is 894 g/mol. The first-order valence-electron chi connectivity index (χ1n) is 27.3. The Morgan fingerprint density at radius 2 is 0.781 bits per heavy atom. The van der Waals surface area contributed by atoms with Crippen molar-refractivity contribution in [3.63, 3.8) is 0 Å². The summed E-state index contributed by atoms with van der Waals surface area (Å²) < 4.78 is 0. The second kappa shape index (κ2) is 15.6. The first kappa shape index (κ1) is 44.9. The molecule has 4 aliphatic rings. The smallest absolute Gasteiger partial charge is 0.248 e. The molecule has 0 spiro atoms. The number of hydrogen-bond acceptors (Lipinski definition) is 2. The number of aryl methyl sites for hydroxylation is 1. The van der Waals surface area contributed by atoms with Crippen molar-refractivity contribution in [3.05, 3.63) is 173 Å². The van der Waals surface area contributed by atoms with Crippen LogP contribution in [0.25, 0.3) is 54.6 Å². The molecule has 73 heavy (non-hydrogen) atoms. The van der Waals surface area contributed by atoms with Crippen molar-refractivity contribution in [1.82, 2.24) is 0 Å². The molecule has 356 valence electrons. The molecule has 2 nitrogen and oxygen atoms in total. The first-order chi connectivity index (χ1) is 35.1. The van der Waals surface area contributed by atoms with E-state index in [1.54, 1.807) is 5.19 Å². The summed E-state index contributed by atoms with van der Waals surface area (Å²) in [6.45, 7) is 29.2. The Bertz CT molecular complexity index is 3990. The largest absolute Gasteiger partial charge is 0.311 e. The molecule has 0 saturated heterocycles. The molecule has 5 heteroatoms.